The van der Waals surface area contributed by atoms with Crippen molar-refractivity contribution in [2.45, 2.75) is 32.1 Å². The van der Waals surface area contributed by atoms with Crippen molar-refractivity contribution in [2.75, 3.05) is 24.5 Å². The Hall–Kier alpha value is -1.02. The third-order valence-corrected chi connectivity index (χ3v) is 4.05. The van der Waals surface area contributed by atoms with Gasteiger partial charge in [-0.3, -0.25) is 0 Å². The SMILES string of the molecule is CC(CN)c1cc2c3c(c1)CCN3CCC2. The van der Waals surface area contributed by atoms with Crippen molar-refractivity contribution >= 4 is 5.69 Å². The fourth-order valence-electron chi connectivity index (χ4n) is 3.05. The van der Waals surface area contributed by atoms with Gasteiger partial charge in [-0.05, 0) is 48.4 Å². The molecule has 1 aromatic carbocycles. The Bertz CT molecular complexity index is 411. The van der Waals surface area contributed by atoms with Crippen LogP contribution in [-0.2, 0) is 12.8 Å². The molecule has 86 valence electrons. The second-order valence-corrected chi connectivity index (χ2v) is 5.17. The fraction of sp³-hybridized carbons (Fsp3) is 0.571. The molecule has 0 radical (unpaired) electrons. The van der Waals surface area contributed by atoms with Crippen LogP contribution >= 0.6 is 0 Å². The average Bonchev–Trinajstić information content (AvgIpc) is 2.73. The van der Waals surface area contributed by atoms with Gasteiger partial charge in [-0.25, -0.2) is 0 Å². The zero-order valence-electron chi connectivity index (χ0n) is 10.00. The van der Waals surface area contributed by atoms with E-state index in [9.17, 15) is 0 Å². The maximum Gasteiger partial charge on any atom is 0.0432 e. The van der Waals surface area contributed by atoms with Crippen LogP contribution < -0.4 is 10.6 Å². The predicted octanol–water partition coefficient (Wildman–Crippen LogP) is 2.06. The molecule has 0 aliphatic carbocycles. The van der Waals surface area contributed by atoms with E-state index in [0.717, 1.165) is 6.54 Å². The minimum Gasteiger partial charge on any atom is -0.371 e. The normalized spacial score (nSPS) is 19.8. The van der Waals surface area contributed by atoms with Crippen LogP contribution in [0.3, 0.4) is 0 Å². The lowest BCUT2D eigenvalue weighted by Crippen LogP contribution is -2.26. The summed E-state index contributed by atoms with van der Waals surface area (Å²) in [5, 5.41) is 0. The first-order valence-electron chi connectivity index (χ1n) is 6.40. The van der Waals surface area contributed by atoms with Gasteiger partial charge in [-0.2, -0.15) is 0 Å². The largest absolute Gasteiger partial charge is 0.371 e. The average molecular weight is 216 g/mol. The number of nitrogens with two attached hydrogens (primary N) is 1. The predicted molar refractivity (Wildman–Crippen MR) is 68.1 cm³/mol. The van der Waals surface area contributed by atoms with Gasteiger partial charge in [-0.1, -0.05) is 19.1 Å². The summed E-state index contributed by atoms with van der Waals surface area (Å²) in [6, 6.07) is 4.79. The maximum atomic E-state index is 5.77. The molecule has 0 fully saturated rings. The Morgan fingerprint density at radius 2 is 2.00 bits per heavy atom. The Morgan fingerprint density at radius 3 is 2.75 bits per heavy atom. The Morgan fingerprint density at radius 1 is 1.25 bits per heavy atom. The molecule has 0 aromatic heterocycles. The van der Waals surface area contributed by atoms with Crippen molar-refractivity contribution in [1.82, 2.24) is 0 Å². The van der Waals surface area contributed by atoms with E-state index in [0.29, 0.717) is 5.92 Å². The van der Waals surface area contributed by atoms with Crippen LogP contribution in [0.5, 0.6) is 0 Å². The Balaban J connectivity index is 2.08. The molecule has 1 atom stereocenters. The molecule has 3 rings (SSSR count). The monoisotopic (exact) mass is 216 g/mol. The highest BCUT2D eigenvalue weighted by molar-refractivity contribution is 5.66. The lowest BCUT2D eigenvalue weighted by molar-refractivity contribution is 0.715. The number of nitrogens with zero attached hydrogens (tertiary/aromatic N) is 1. The van der Waals surface area contributed by atoms with Crippen molar-refractivity contribution in [1.29, 1.82) is 0 Å². The van der Waals surface area contributed by atoms with Crippen LogP contribution in [0.4, 0.5) is 5.69 Å². The van der Waals surface area contributed by atoms with Crippen molar-refractivity contribution in [2.24, 2.45) is 5.73 Å². The first-order valence-corrected chi connectivity index (χ1v) is 6.40. The minimum atomic E-state index is 0.498. The van der Waals surface area contributed by atoms with Crippen LogP contribution in [-0.4, -0.2) is 19.6 Å². The van der Waals surface area contributed by atoms with Gasteiger partial charge < -0.3 is 10.6 Å². The number of hydrogen-bond acceptors (Lipinski definition) is 2. The van der Waals surface area contributed by atoms with E-state index in [2.05, 4.69) is 24.0 Å². The van der Waals surface area contributed by atoms with Gasteiger partial charge >= 0.3 is 0 Å². The zero-order valence-corrected chi connectivity index (χ0v) is 10.00. The van der Waals surface area contributed by atoms with Gasteiger partial charge in [0, 0.05) is 18.8 Å². The molecule has 2 aliphatic rings. The molecule has 0 saturated heterocycles. The first-order chi connectivity index (χ1) is 7.79. The summed E-state index contributed by atoms with van der Waals surface area (Å²) in [5.74, 6) is 0.498. The summed E-state index contributed by atoms with van der Waals surface area (Å²) in [6.07, 6.45) is 3.80. The van der Waals surface area contributed by atoms with E-state index in [1.807, 2.05) is 0 Å². The quantitative estimate of drug-likeness (QED) is 0.820. The van der Waals surface area contributed by atoms with Gasteiger partial charge in [0.2, 0.25) is 0 Å². The summed E-state index contributed by atoms with van der Waals surface area (Å²) >= 11 is 0. The lowest BCUT2D eigenvalue weighted by atomic mass is 9.92. The molecule has 1 unspecified atom stereocenters. The molecule has 2 aliphatic heterocycles. The van der Waals surface area contributed by atoms with Crippen molar-refractivity contribution in [3.05, 3.63) is 28.8 Å². The summed E-state index contributed by atoms with van der Waals surface area (Å²) in [5.41, 5.74) is 11.9. The van der Waals surface area contributed by atoms with E-state index in [-0.39, 0.29) is 0 Å². The summed E-state index contributed by atoms with van der Waals surface area (Å²) in [7, 11) is 0. The molecule has 0 bridgehead atoms. The summed E-state index contributed by atoms with van der Waals surface area (Å²) in [6.45, 7) is 5.46. The van der Waals surface area contributed by atoms with E-state index >= 15 is 0 Å². The van der Waals surface area contributed by atoms with Crippen molar-refractivity contribution < 1.29 is 0 Å². The maximum absolute atomic E-state index is 5.77. The molecule has 1 aromatic rings. The second kappa shape index (κ2) is 3.77. The van der Waals surface area contributed by atoms with Crippen LogP contribution in [0, 0.1) is 0 Å². The lowest BCUT2D eigenvalue weighted by Gasteiger charge is -2.28. The Labute approximate surface area is 97.4 Å². The number of benzene rings is 1. The zero-order chi connectivity index (χ0) is 11.1. The van der Waals surface area contributed by atoms with Crippen LogP contribution in [0.25, 0.3) is 0 Å². The molecular weight excluding hydrogens is 196 g/mol. The van der Waals surface area contributed by atoms with E-state index < -0.39 is 0 Å². The van der Waals surface area contributed by atoms with Gasteiger partial charge in [0.25, 0.3) is 0 Å². The molecule has 0 spiro atoms. The number of rotatable bonds is 2. The standard InChI is InChI=1S/C14H20N2/c1-10(9-15)13-7-11-3-2-5-16-6-4-12(8-13)14(11)16/h7-8,10H,2-6,9,15H2,1H3. The smallest absolute Gasteiger partial charge is 0.0432 e. The molecule has 2 heterocycles. The molecule has 2 N–H and O–H groups in total. The van der Waals surface area contributed by atoms with Gasteiger partial charge in [0.05, 0.1) is 0 Å². The Kier molecular flexibility index (Phi) is 2.40. The third kappa shape index (κ3) is 1.44. The third-order valence-electron chi connectivity index (χ3n) is 4.05. The highest BCUT2D eigenvalue weighted by atomic mass is 15.2. The molecule has 2 nitrogen and oxygen atoms in total. The van der Waals surface area contributed by atoms with E-state index in [4.69, 9.17) is 5.73 Å². The number of hydrogen-bond donors (Lipinski definition) is 1. The second-order valence-electron chi connectivity index (χ2n) is 5.17. The highest BCUT2D eigenvalue weighted by Gasteiger charge is 2.26. The fourth-order valence-corrected chi connectivity index (χ4v) is 3.05. The van der Waals surface area contributed by atoms with Crippen molar-refractivity contribution in [3.63, 3.8) is 0 Å². The number of anilines is 1. The molecule has 2 heteroatoms. The van der Waals surface area contributed by atoms with E-state index in [1.54, 1.807) is 16.8 Å². The van der Waals surface area contributed by atoms with Crippen molar-refractivity contribution in [3.8, 4) is 0 Å². The molecule has 0 saturated carbocycles. The first kappa shape index (κ1) is 10.2. The van der Waals surface area contributed by atoms with Gasteiger partial charge in [0.15, 0.2) is 0 Å². The minimum absolute atomic E-state index is 0.498. The molecule has 16 heavy (non-hydrogen) atoms. The van der Waals surface area contributed by atoms with Crippen LogP contribution in [0.2, 0.25) is 0 Å². The summed E-state index contributed by atoms with van der Waals surface area (Å²) in [4.78, 5) is 2.56. The molecular formula is C14H20N2. The topological polar surface area (TPSA) is 29.3 Å². The van der Waals surface area contributed by atoms with Crippen LogP contribution in [0.15, 0.2) is 12.1 Å². The van der Waals surface area contributed by atoms with E-state index in [1.165, 1.54) is 37.9 Å². The van der Waals surface area contributed by atoms with Gasteiger partial charge in [-0.15, -0.1) is 0 Å². The van der Waals surface area contributed by atoms with Crippen LogP contribution in [0.1, 0.15) is 36.0 Å². The number of aryl methyl sites for hydroxylation is 1. The highest BCUT2D eigenvalue weighted by Crippen LogP contribution is 2.38. The van der Waals surface area contributed by atoms with Gasteiger partial charge in [0.1, 0.15) is 0 Å². The summed E-state index contributed by atoms with van der Waals surface area (Å²) < 4.78 is 0. The molecule has 0 amide bonds.